The standard InChI is InChI=1S/C28H21N7O4S/c1-3-39-20-12-13-23-26(16-20)40-28(30-23)34-32-27(18-8-10-19(11-9-18)29-17(2)36)31-33(34)24-14-15-25(35(37)38)22-7-5-4-6-21(22)24/h4-16H,3H2,1-2H3/p+1. The van der Waals surface area contributed by atoms with Crippen molar-refractivity contribution >= 4 is 49.6 Å². The van der Waals surface area contributed by atoms with E-state index in [1.165, 1.54) is 24.3 Å². The van der Waals surface area contributed by atoms with E-state index in [4.69, 9.17) is 19.9 Å². The van der Waals surface area contributed by atoms with E-state index in [2.05, 4.69) is 5.32 Å². The fourth-order valence-electron chi connectivity index (χ4n) is 4.42. The molecule has 1 amide bonds. The summed E-state index contributed by atoms with van der Waals surface area (Å²) in [5.74, 6) is 0.991. The first-order valence-corrected chi connectivity index (χ1v) is 13.2. The molecule has 0 bridgehead atoms. The third-order valence-corrected chi connectivity index (χ3v) is 7.13. The Kier molecular flexibility index (Phi) is 6.36. The lowest BCUT2D eigenvalue weighted by Gasteiger charge is -2.05. The molecule has 0 aliphatic heterocycles. The molecule has 2 aromatic heterocycles. The lowest BCUT2D eigenvalue weighted by molar-refractivity contribution is -0.733. The molecule has 0 unspecified atom stereocenters. The van der Waals surface area contributed by atoms with E-state index in [1.807, 2.05) is 49.4 Å². The Morgan fingerprint density at radius 3 is 2.58 bits per heavy atom. The molecule has 0 spiro atoms. The van der Waals surface area contributed by atoms with Gasteiger partial charge in [-0.05, 0) is 70.1 Å². The van der Waals surface area contributed by atoms with Crippen LogP contribution in [0.5, 0.6) is 5.75 Å². The van der Waals surface area contributed by atoms with Crippen molar-refractivity contribution in [2.24, 2.45) is 0 Å². The number of nitrogens with one attached hydrogen (secondary N) is 1. The average Bonchev–Trinajstić information content (AvgIpc) is 3.57. The number of fused-ring (bicyclic) bond motifs is 2. The smallest absolute Gasteiger partial charge is 0.365 e. The van der Waals surface area contributed by atoms with Gasteiger partial charge in [0.05, 0.1) is 21.6 Å². The molecule has 0 fully saturated rings. The molecule has 2 heterocycles. The lowest BCUT2D eigenvalue weighted by atomic mass is 10.1. The minimum atomic E-state index is -0.396. The number of non-ortho nitro benzene ring substituents is 1. The van der Waals surface area contributed by atoms with Crippen LogP contribution >= 0.6 is 11.3 Å². The van der Waals surface area contributed by atoms with Gasteiger partial charge in [-0.2, -0.15) is 0 Å². The molecule has 0 radical (unpaired) electrons. The number of aromatic nitrogens is 5. The number of hydrogen-bond acceptors (Lipinski definition) is 8. The molecule has 12 heteroatoms. The number of amides is 1. The van der Waals surface area contributed by atoms with Crippen LogP contribution in [0.4, 0.5) is 11.4 Å². The summed E-state index contributed by atoms with van der Waals surface area (Å²) in [6.07, 6.45) is 0. The third kappa shape index (κ3) is 4.60. The number of hydrogen-bond donors (Lipinski definition) is 1. The van der Waals surface area contributed by atoms with Gasteiger partial charge >= 0.3 is 5.13 Å². The van der Waals surface area contributed by atoms with Crippen molar-refractivity contribution in [1.29, 1.82) is 0 Å². The maximum atomic E-state index is 11.7. The van der Waals surface area contributed by atoms with Crippen molar-refractivity contribution in [3.8, 4) is 28.0 Å². The van der Waals surface area contributed by atoms with E-state index in [-0.39, 0.29) is 11.6 Å². The van der Waals surface area contributed by atoms with Crippen LogP contribution in [-0.2, 0) is 4.79 Å². The summed E-state index contributed by atoms with van der Waals surface area (Å²) in [6.45, 7) is 3.93. The van der Waals surface area contributed by atoms with Crippen molar-refractivity contribution in [2.45, 2.75) is 13.8 Å². The number of anilines is 1. The number of ether oxygens (including phenoxy) is 1. The Balaban J connectivity index is 1.55. The highest BCUT2D eigenvalue weighted by Gasteiger charge is 2.27. The largest absolute Gasteiger partial charge is 0.494 e. The van der Waals surface area contributed by atoms with E-state index in [0.29, 0.717) is 45.3 Å². The van der Waals surface area contributed by atoms with Gasteiger partial charge in [-0.1, -0.05) is 34.5 Å². The molecule has 6 rings (SSSR count). The van der Waals surface area contributed by atoms with Crippen molar-refractivity contribution in [3.05, 3.63) is 89.0 Å². The molecule has 198 valence electrons. The Morgan fingerprint density at radius 1 is 1.07 bits per heavy atom. The number of thiazole rings is 1. The number of carbonyl (C=O) groups is 1. The van der Waals surface area contributed by atoms with Crippen molar-refractivity contribution in [3.63, 3.8) is 0 Å². The van der Waals surface area contributed by atoms with Crippen LogP contribution in [0, 0.1) is 10.1 Å². The summed E-state index contributed by atoms with van der Waals surface area (Å²) >= 11 is 1.42. The number of carbonyl (C=O) groups excluding carboxylic acids is 1. The van der Waals surface area contributed by atoms with Gasteiger partial charge in [0.25, 0.3) is 11.5 Å². The van der Waals surface area contributed by atoms with Gasteiger partial charge in [0.2, 0.25) is 5.91 Å². The van der Waals surface area contributed by atoms with Gasteiger partial charge < -0.3 is 10.1 Å². The number of nitrogens with zero attached hydrogens (tertiary/aromatic N) is 6. The lowest BCUT2D eigenvalue weighted by Crippen LogP contribution is -2.43. The fraction of sp³-hybridized carbons (Fsp3) is 0.107. The highest BCUT2D eigenvalue weighted by molar-refractivity contribution is 7.20. The monoisotopic (exact) mass is 552 g/mol. The van der Waals surface area contributed by atoms with E-state index in [0.717, 1.165) is 16.0 Å². The number of tetrazole rings is 1. The quantitative estimate of drug-likeness (QED) is 0.163. The van der Waals surface area contributed by atoms with E-state index >= 15 is 0 Å². The van der Waals surface area contributed by atoms with Crippen LogP contribution in [0.2, 0.25) is 0 Å². The summed E-state index contributed by atoms with van der Waals surface area (Å²) in [7, 11) is 0. The van der Waals surface area contributed by atoms with Gasteiger partial charge in [-0.15, -0.1) is 0 Å². The number of nitro groups is 1. The highest BCUT2D eigenvalue weighted by Crippen LogP contribution is 2.31. The minimum Gasteiger partial charge on any atom is -0.494 e. The molecule has 40 heavy (non-hydrogen) atoms. The molecule has 0 aliphatic rings. The molecule has 1 N–H and O–H groups in total. The van der Waals surface area contributed by atoms with Crippen LogP contribution in [0.3, 0.4) is 0 Å². The first-order valence-electron chi connectivity index (χ1n) is 12.4. The van der Waals surface area contributed by atoms with Gasteiger partial charge in [0.1, 0.15) is 11.4 Å². The molecule has 6 aromatic rings. The normalized spacial score (nSPS) is 11.2. The Hall–Kier alpha value is -5.23. The second-order valence-corrected chi connectivity index (χ2v) is 9.84. The summed E-state index contributed by atoms with van der Waals surface area (Å²) in [5, 5.41) is 25.8. The SMILES string of the molecule is CCOc1ccc2nc(-[n+]3nc(-c4ccc(NC(C)=O)cc4)nn3-c3ccc([N+](=O)[O-])c4ccccc34)sc2c1. The van der Waals surface area contributed by atoms with Gasteiger partial charge in [0, 0.05) is 40.8 Å². The predicted octanol–water partition coefficient (Wildman–Crippen LogP) is 5.24. The molecule has 0 atom stereocenters. The van der Waals surface area contributed by atoms with Crippen LogP contribution in [0.25, 0.3) is 43.2 Å². The van der Waals surface area contributed by atoms with Crippen molar-refractivity contribution < 1.29 is 19.3 Å². The van der Waals surface area contributed by atoms with Crippen LogP contribution in [0.15, 0.2) is 78.9 Å². The predicted molar refractivity (Wildman–Crippen MR) is 151 cm³/mol. The fourth-order valence-corrected chi connectivity index (χ4v) is 5.35. The first-order chi connectivity index (χ1) is 19.4. The second kappa shape index (κ2) is 10.2. The number of rotatable bonds is 7. The summed E-state index contributed by atoms with van der Waals surface area (Å²) < 4.78 is 6.57. The maximum Gasteiger partial charge on any atom is 0.365 e. The molecule has 0 saturated heterocycles. The zero-order chi connectivity index (χ0) is 27.8. The zero-order valence-electron chi connectivity index (χ0n) is 21.4. The molecule has 11 nitrogen and oxygen atoms in total. The minimum absolute atomic E-state index is 0.00300. The van der Waals surface area contributed by atoms with Crippen molar-refractivity contribution in [1.82, 2.24) is 20.0 Å². The van der Waals surface area contributed by atoms with Crippen LogP contribution in [0.1, 0.15) is 13.8 Å². The van der Waals surface area contributed by atoms with Crippen LogP contribution < -0.4 is 14.9 Å². The second-order valence-electron chi connectivity index (χ2n) is 8.83. The van der Waals surface area contributed by atoms with E-state index in [1.54, 1.807) is 39.9 Å². The molecular formula is C28H22N7O4S+. The third-order valence-electron chi connectivity index (χ3n) is 6.14. The zero-order valence-corrected chi connectivity index (χ0v) is 22.3. The Morgan fingerprint density at radius 2 is 1.85 bits per heavy atom. The van der Waals surface area contributed by atoms with E-state index in [9.17, 15) is 14.9 Å². The molecule has 4 aromatic carbocycles. The topological polar surface area (TPSA) is 129 Å². The van der Waals surface area contributed by atoms with Gasteiger partial charge in [-0.25, -0.2) is 0 Å². The summed E-state index contributed by atoms with van der Waals surface area (Å²) in [5.41, 5.74) is 2.75. The molecular weight excluding hydrogens is 530 g/mol. The highest BCUT2D eigenvalue weighted by atomic mass is 32.1. The van der Waals surface area contributed by atoms with Gasteiger partial charge in [-0.3, -0.25) is 14.9 Å². The summed E-state index contributed by atoms with van der Waals surface area (Å²) in [4.78, 5) is 30.8. The molecule has 0 saturated carbocycles. The van der Waals surface area contributed by atoms with Crippen LogP contribution in [-0.4, -0.2) is 37.4 Å². The summed E-state index contributed by atoms with van der Waals surface area (Å²) in [6, 6.07) is 23.1. The Bertz CT molecular complexity index is 1910. The van der Waals surface area contributed by atoms with E-state index < -0.39 is 4.92 Å². The number of benzene rings is 4. The Labute approximate surface area is 231 Å². The number of nitro benzene ring substituents is 1. The average molecular weight is 553 g/mol. The molecule has 0 aliphatic carbocycles. The maximum absolute atomic E-state index is 11.7. The van der Waals surface area contributed by atoms with Crippen molar-refractivity contribution in [2.75, 3.05) is 11.9 Å². The first kappa shape index (κ1) is 25.1. The van der Waals surface area contributed by atoms with Gasteiger partial charge in [0.15, 0.2) is 5.52 Å².